The van der Waals surface area contributed by atoms with Gasteiger partial charge in [-0.25, -0.2) is 0 Å². The number of nitrogens with one attached hydrogen (secondary N) is 1. The van der Waals surface area contributed by atoms with Gasteiger partial charge in [0, 0.05) is 11.5 Å². The van der Waals surface area contributed by atoms with Crippen LogP contribution in [0.2, 0.25) is 0 Å². The van der Waals surface area contributed by atoms with Crippen molar-refractivity contribution in [2.24, 2.45) is 5.92 Å². The van der Waals surface area contributed by atoms with Crippen molar-refractivity contribution < 1.29 is 19.5 Å². The normalized spacial score (nSPS) is 34.2. The number of fused-ring (bicyclic) bond motifs is 2. The monoisotopic (exact) mass is 301 g/mol. The van der Waals surface area contributed by atoms with E-state index in [0.717, 1.165) is 0 Å². The first-order valence-corrected chi connectivity index (χ1v) is 7.46. The lowest BCUT2D eigenvalue weighted by atomic mass is 9.58. The third-order valence-corrected chi connectivity index (χ3v) is 5.20. The molecular formula is C17H19NO4. The van der Waals surface area contributed by atoms with Crippen LogP contribution in [0.3, 0.4) is 0 Å². The number of hydrogen-bond donors (Lipinski definition) is 2. The Kier molecular flexibility index (Phi) is 3.22. The molecule has 1 heterocycles. The van der Waals surface area contributed by atoms with Gasteiger partial charge in [-0.1, -0.05) is 18.2 Å². The molecule has 1 spiro atoms. The van der Waals surface area contributed by atoms with E-state index in [1.165, 1.54) is 6.92 Å². The lowest BCUT2D eigenvalue weighted by Gasteiger charge is -2.47. The van der Waals surface area contributed by atoms with Crippen molar-refractivity contribution in [3.8, 4) is 0 Å². The molecule has 2 N–H and O–H groups in total. The van der Waals surface area contributed by atoms with Crippen molar-refractivity contribution in [3.05, 3.63) is 35.4 Å². The van der Waals surface area contributed by atoms with Crippen LogP contribution in [-0.4, -0.2) is 28.3 Å². The molecule has 0 radical (unpaired) electrons. The molecular weight excluding hydrogens is 282 g/mol. The Labute approximate surface area is 128 Å². The molecule has 3 rings (SSSR count). The highest BCUT2D eigenvalue weighted by atomic mass is 16.3. The van der Waals surface area contributed by atoms with Crippen LogP contribution in [0.4, 0.5) is 0 Å². The predicted octanol–water partition coefficient (Wildman–Crippen LogP) is 1.33. The van der Waals surface area contributed by atoms with Gasteiger partial charge in [0.2, 0.25) is 5.91 Å². The van der Waals surface area contributed by atoms with Gasteiger partial charge >= 0.3 is 0 Å². The second-order valence-electron chi connectivity index (χ2n) is 6.64. The van der Waals surface area contributed by atoms with Crippen molar-refractivity contribution in [3.63, 3.8) is 0 Å². The molecule has 0 aromatic heterocycles. The maximum Gasteiger partial charge on any atom is 0.258 e. The fraction of sp³-hybridized carbons (Fsp3) is 0.471. The van der Waals surface area contributed by atoms with E-state index in [-0.39, 0.29) is 18.1 Å². The molecule has 0 bridgehead atoms. The quantitative estimate of drug-likeness (QED) is 0.767. The summed E-state index contributed by atoms with van der Waals surface area (Å²) in [5.41, 5.74) is -0.881. The van der Waals surface area contributed by atoms with Crippen molar-refractivity contribution in [2.75, 3.05) is 0 Å². The topological polar surface area (TPSA) is 83.5 Å². The molecule has 1 aromatic carbocycles. The summed E-state index contributed by atoms with van der Waals surface area (Å²) in [5, 5.41) is 12.9. The Morgan fingerprint density at radius 3 is 2.64 bits per heavy atom. The van der Waals surface area contributed by atoms with Gasteiger partial charge in [-0.15, -0.1) is 0 Å². The second kappa shape index (κ2) is 4.74. The molecule has 1 saturated carbocycles. The Hall–Kier alpha value is -2.01. The van der Waals surface area contributed by atoms with Gasteiger partial charge in [-0.05, 0) is 44.7 Å². The lowest BCUT2D eigenvalue weighted by Crippen LogP contribution is -2.58. The highest BCUT2D eigenvalue weighted by molar-refractivity contribution is 6.13. The van der Waals surface area contributed by atoms with Crippen molar-refractivity contribution in [1.82, 2.24) is 5.32 Å². The number of hydrogen-bond acceptors (Lipinski definition) is 4. The van der Waals surface area contributed by atoms with Crippen molar-refractivity contribution in [1.29, 1.82) is 0 Å². The van der Waals surface area contributed by atoms with Crippen molar-refractivity contribution in [2.45, 2.75) is 44.1 Å². The number of ketones is 1. The fourth-order valence-electron chi connectivity index (χ4n) is 3.85. The van der Waals surface area contributed by atoms with Gasteiger partial charge in [0.15, 0.2) is 0 Å². The maximum absolute atomic E-state index is 12.6. The molecule has 116 valence electrons. The number of amides is 2. The number of benzene rings is 1. The van der Waals surface area contributed by atoms with E-state index in [1.807, 2.05) is 0 Å². The Morgan fingerprint density at radius 1 is 1.27 bits per heavy atom. The first-order valence-electron chi connectivity index (χ1n) is 7.46. The summed E-state index contributed by atoms with van der Waals surface area (Å²) >= 11 is 0. The van der Waals surface area contributed by atoms with Crippen LogP contribution in [0.25, 0.3) is 0 Å². The van der Waals surface area contributed by atoms with E-state index < -0.39 is 22.8 Å². The highest BCUT2D eigenvalue weighted by Crippen LogP contribution is 2.48. The number of aliphatic hydroxyl groups is 1. The third-order valence-electron chi connectivity index (χ3n) is 5.20. The van der Waals surface area contributed by atoms with Gasteiger partial charge < -0.3 is 5.11 Å². The van der Waals surface area contributed by atoms with Crippen LogP contribution >= 0.6 is 0 Å². The molecule has 1 fully saturated rings. The maximum atomic E-state index is 12.6. The molecule has 22 heavy (non-hydrogen) atoms. The summed E-state index contributed by atoms with van der Waals surface area (Å²) in [6.45, 7) is 3.08. The first-order chi connectivity index (χ1) is 10.3. The molecule has 5 heteroatoms. The van der Waals surface area contributed by atoms with Crippen LogP contribution in [0, 0.1) is 5.92 Å². The van der Waals surface area contributed by atoms with Gasteiger partial charge in [-0.2, -0.15) is 0 Å². The second-order valence-corrected chi connectivity index (χ2v) is 6.64. The average molecular weight is 301 g/mol. The van der Waals surface area contributed by atoms with E-state index in [4.69, 9.17) is 0 Å². The predicted molar refractivity (Wildman–Crippen MR) is 79.2 cm³/mol. The molecule has 1 aliphatic heterocycles. The van der Waals surface area contributed by atoms with Crippen molar-refractivity contribution >= 4 is 17.6 Å². The van der Waals surface area contributed by atoms with Gasteiger partial charge in [0.1, 0.15) is 5.78 Å². The summed E-state index contributed by atoms with van der Waals surface area (Å²) in [6.07, 6.45) is 0.985. The minimum atomic E-state index is -1.12. The van der Waals surface area contributed by atoms with Crippen LogP contribution in [0.5, 0.6) is 0 Å². The zero-order valence-corrected chi connectivity index (χ0v) is 12.7. The van der Waals surface area contributed by atoms with E-state index in [2.05, 4.69) is 5.32 Å². The average Bonchev–Trinajstić information content (AvgIpc) is 2.46. The minimum Gasteiger partial charge on any atom is -0.389 e. The van der Waals surface area contributed by atoms with Gasteiger partial charge in [0.25, 0.3) is 5.91 Å². The van der Waals surface area contributed by atoms with Crippen LogP contribution in [0.15, 0.2) is 24.3 Å². The zero-order valence-electron chi connectivity index (χ0n) is 12.7. The van der Waals surface area contributed by atoms with Gasteiger partial charge in [0.05, 0.1) is 11.0 Å². The lowest BCUT2D eigenvalue weighted by molar-refractivity contribution is -0.141. The zero-order chi connectivity index (χ0) is 16.1. The number of carbonyl (C=O) groups excluding carboxylic acids is 3. The van der Waals surface area contributed by atoms with E-state index in [1.54, 1.807) is 31.2 Å². The number of imide groups is 1. The Bertz CT molecular complexity index is 679. The SMILES string of the molecule is CC(=O)C1CC2(CCC1(C)O)C(=O)NC(=O)c1ccccc12. The summed E-state index contributed by atoms with van der Waals surface area (Å²) in [5.74, 6) is -1.51. The smallest absolute Gasteiger partial charge is 0.258 e. The summed E-state index contributed by atoms with van der Waals surface area (Å²) in [7, 11) is 0. The minimum absolute atomic E-state index is 0.133. The van der Waals surface area contributed by atoms with Gasteiger partial charge in [-0.3, -0.25) is 19.7 Å². The van der Waals surface area contributed by atoms with Crippen LogP contribution in [-0.2, 0) is 15.0 Å². The molecule has 2 aliphatic rings. The molecule has 3 unspecified atom stereocenters. The Morgan fingerprint density at radius 2 is 1.95 bits per heavy atom. The molecule has 5 nitrogen and oxygen atoms in total. The third kappa shape index (κ3) is 2.00. The highest BCUT2D eigenvalue weighted by Gasteiger charge is 2.55. The van der Waals surface area contributed by atoms with E-state index in [0.29, 0.717) is 24.0 Å². The number of Topliss-reactive ketones (excluding diaryl/α,β-unsaturated/α-hetero) is 1. The van der Waals surface area contributed by atoms with E-state index in [9.17, 15) is 19.5 Å². The standard InChI is InChI=1S/C17H19NO4/c1-10(19)13-9-17(8-7-16(13,2)22)12-6-4-3-5-11(12)14(20)18-15(17)21/h3-6,13,22H,7-9H2,1-2H3,(H,18,20,21). The van der Waals surface area contributed by atoms with Crippen LogP contribution in [0.1, 0.15) is 49.0 Å². The Balaban J connectivity index is 2.13. The van der Waals surface area contributed by atoms with E-state index >= 15 is 0 Å². The molecule has 3 atom stereocenters. The molecule has 1 aromatic rings. The number of rotatable bonds is 1. The fourth-order valence-corrected chi connectivity index (χ4v) is 3.85. The number of carbonyl (C=O) groups is 3. The summed E-state index contributed by atoms with van der Waals surface area (Å²) in [4.78, 5) is 36.6. The molecule has 2 amide bonds. The molecule has 1 aliphatic carbocycles. The summed E-state index contributed by atoms with van der Waals surface area (Å²) < 4.78 is 0. The first kappa shape index (κ1) is 14.9. The largest absolute Gasteiger partial charge is 0.389 e. The molecule has 0 saturated heterocycles. The summed E-state index contributed by atoms with van der Waals surface area (Å²) in [6, 6.07) is 7.02. The van der Waals surface area contributed by atoms with Crippen LogP contribution < -0.4 is 5.32 Å².